The number of nitrogens with zero attached hydrogens (tertiary/aromatic N) is 2. The number of thioether (sulfide) groups is 1. The molecule has 1 atom stereocenters. The number of carbonyl (C=O) groups is 1. The minimum atomic E-state index is -4.65. The standard InChI is InChI=1S/C21H17ClF3N3O2S/c1-12(19(29)26-14-8-9-17(30-2)15(22)10-14)31-20-27-16(13-6-4-3-5-7-13)11-18(28-20)21(23,24)25/h3-12H,1-2H3,(H,26,29)/t12-/m0/s1. The monoisotopic (exact) mass is 467 g/mol. The van der Waals surface area contributed by atoms with E-state index in [1.54, 1.807) is 49.4 Å². The predicted octanol–water partition coefficient (Wildman–Crippen LogP) is 5.94. The lowest BCUT2D eigenvalue weighted by Gasteiger charge is -2.14. The second kappa shape index (κ2) is 9.57. The molecule has 5 nitrogen and oxygen atoms in total. The topological polar surface area (TPSA) is 64.1 Å². The average Bonchev–Trinajstić information content (AvgIpc) is 2.73. The Bertz CT molecular complexity index is 1080. The van der Waals surface area contributed by atoms with Crippen LogP contribution < -0.4 is 10.1 Å². The lowest BCUT2D eigenvalue weighted by Crippen LogP contribution is -2.23. The fourth-order valence-electron chi connectivity index (χ4n) is 2.58. The number of rotatable bonds is 6. The van der Waals surface area contributed by atoms with E-state index in [9.17, 15) is 18.0 Å². The molecule has 3 rings (SSSR count). The summed E-state index contributed by atoms with van der Waals surface area (Å²) in [7, 11) is 1.47. The lowest BCUT2D eigenvalue weighted by atomic mass is 10.1. The molecule has 2 aromatic carbocycles. The highest BCUT2D eigenvalue weighted by atomic mass is 35.5. The smallest absolute Gasteiger partial charge is 0.433 e. The van der Waals surface area contributed by atoms with Gasteiger partial charge < -0.3 is 10.1 Å². The van der Waals surface area contributed by atoms with Crippen molar-refractivity contribution < 1.29 is 22.7 Å². The molecule has 162 valence electrons. The Morgan fingerprint density at radius 3 is 2.45 bits per heavy atom. The minimum absolute atomic E-state index is 0.125. The lowest BCUT2D eigenvalue weighted by molar-refractivity contribution is -0.141. The number of aromatic nitrogens is 2. The summed E-state index contributed by atoms with van der Waals surface area (Å²) in [5.41, 5.74) is -0.00113. The molecule has 10 heteroatoms. The van der Waals surface area contributed by atoms with Gasteiger partial charge in [-0.1, -0.05) is 53.7 Å². The molecule has 0 saturated heterocycles. The van der Waals surface area contributed by atoms with Crippen molar-refractivity contribution >= 4 is 35.0 Å². The summed E-state index contributed by atoms with van der Waals surface area (Å²) in [6.45, 7) is 1.55. The van der Waals surface area contributed by atoms with E-state index < -0.39 is 23.0 Å². The van der Waals surface area contributed by atoms with Crippen LogP contribution >= 0.6 is 23.4 Å². The number of methoxy groups -OCH3 is 1. The summed E-state index contributed by atoms with van der Waals surface area (Å²) in [5, 5.41) is 2.06. The molecule has 0 bridgehead atoms. The third kappa shape index (κ3) is 5.89. The number of halogens is 4. The fourth-order valence-corrected chi connectivity index (χ4v) is 3.62. The number of ether oxygens (including phenoxy) is 1. The van der Waals surface area contributed by atoms with Crippen LogP contribution in [0.5, 0.6) is 5.75 Å². The van der Waals surface area contributed by atoms with Gasteiger partial charge in [0, 0.05) is 11.3 Å². The predicted molar refractivity (Wildman–Crippen MR) is 114 cm³/mol. The highest BCUT2D eigenvalue weighted by Crippen LogP contribution is 2.33. The highest BCUT2D eigenvalue weighted by molar-refractivity contribution is 8.00. The molecule has 1 aromatic heterocycles. The fraction of sp³-hybridized carbons (Fsp3) is 0.190. The zero-order valence-electron chi connectivity index (χ0n) is 16.4. The number of carbonyl (C=O) groups excluding carboxylic acids is 1. The van der Waals surface area contributed by atoms with Crippen LogP contribution in [0.15, 0.2) is 59.8 Å². The average molecular weight is 468 g/mol. The van der Waals surface area contributed by atoms with Crippen molar-refractivity contribution in [3.63, 3.8) is 0 Å². The van der Waals surface area contributed by atoms with E-state index in [2.05, 4.69) is 15.3 Å². The van der Waals surface area contributed by atoms with E-state index in [1.807, 2.05) is 0 Å². The van der Waals surface area contributed by atoms with Crippen LogP contribution in [0.4, 0.5) is 18.9 Å². The molecule has 0 aliphatic carbocycles. The van der Waals surface area contributed by atoms with Gasteiger partial charge in [0.25, 0.3) is 0 Å². The molecule has 31 heavy (non-hydrogen) atoms. The number of hydrogen-bond donors (Lipinski definition) is 1. The Hall–Kier alpha value is -2.78. The second-order valence-corrected chi connectivity index (χ2v) is 8.10. The first-order valence-electron chi connectivity index (χ1n) is 9.00. The van der Waals surface area contributed by atoms with E-state index in [0.29, 0.717) is 22.0 Å². The molecule has 1 heterocycles. The summed E-state index contributed by atoms with van der Waals surface area (Å²) < 4.78 is 45.1. The van der Waals surface area contributed by atoms with E-state index in [4.69, 9.17) is 16.3 Å². The summed E-state index contributed by atoms with van der Waals surface area (Å²) in [5.74, 6) is 0.0152. The van der Waals surface area contributed by atoms with Crippen LogP contribution in [-0.2, 0) is 11.0 Å². The third-order valence-corrected chi connectivity index (χ3v) is 5.39. The molecule has 0 radical (unpaired) electrons. The Balaban J connectivity index is 1.82. The van der Waals surface area contributed by atoms with Crippen molar-refractivity contribution in [1.29, 1.82) is 0 Å². The molecular formula is C21H17ClF3N3O2S. The Labute approximate surface area is 186 Å². The molecule has 3 aromatic rings. The van der Waals surface area contributed by atoms with Gasteiger partial charge in [-0.15, -0.1) is 0 Å². The second-order valence-electron chi connectivity index (χ2n) is 6.38. The summed E-state index contributed by atoms with van der Waals surface area (Å²) in [6.07, 6.45) is -4.65. The van der Waals surface area contributed by atoms with Crippen molar-refractivity contribution in [1.82, 2.24) is 9.97 Å². The first kappa shape index (κ1) is 22.9. The van der Waals surface area contributed by atoms with Crippen LogP contribution in [0, 0.1) is 0 Å². The Morgan fingerprint density at radius 2 is 1.84 bits per heavy atom. The summed E-state index contributed by atoms with van der Waals surface area (Å²) in [6, 6.07) is 14.1. The van der Waals surface area contributed by atoms with Crippen LogP contribution in [0.2, 0.25) is 5.02 Å². The minimum Gasteiger partial charge on any atom is -0.495 e. The Kier molecular flexibility index (Phi) is 7.07. The number of anilines is 1. The van der Waals surface area contributed by atoms with Gasteiger partial charge in [0.1, 0.15) is 11.4 Å². The number of nitrogens with one attached hydrogen (secondary N) is 1. The number of hydrogen-bond acceptors (Lipinski definition) is 5. The third-order valence-electron chi connectivity index (χ3n) is 4.14. The maximum absolute atomic E-state index is 13.3. The first-order chi connectivity index (χ1) is 14.7. The largest absolute Gasteiger partial charge is 0.495 e. The van der Waals surface area contributed by atoms with Crippen molar-refractivity contribution in [2.24, 2.45) is 0 Å². The maximum atomic E-state index is 13.3. The van der Waals surface area contributed by atoms with Crippen molar-refractivity contribution in [2.45, 2.75) is 23.5 Å². The van der Waals surface area contributed by atoms with Gasteiger partial charge in [0.15, 0.2) is 5.16 Å². The van der Waals surface area contributed by atoms with Crippen LogP contribution in [-0.4, -0.2) is 28.2 Å². The van der Waals surface area contributed by atoms with Gasteiger partial charge in [-0.25, -0.2) is 9.97 Å². The van der Waals surface area contributed by atoms with E-state index in [1.165, 1.54) is 13.2 Å². The summed E-state index contributed by atoms with van der Waals surface area (Å²) >= 11 is 6.88. The quantitative estimate of drug-likeness (QED) is 0.359. The zero-order chi connectivity index (χ0) is 22.6. The Morgan fingerprint density at radius 1 is 1.13 bits per heavy atom. The molecule has 0 aliphatic heterocycles. The number of alkyl halides is 3. The SMILES string of the molecule is COc1ccc(NC(=O)[C@H](C)Sc2nc(-c3ccccc3)cc(C(F)(F)F)n2)cc1Cl. The number of amides is 1. The van der Waals surface area contributed by atoms with Crippen LogP contribution in [0.25, 0.3) is 11.3 Å². The zero-order valence-corrected chi connectivity index (χ0v) is 18.0. The normalized spacial score (nSPS) is 12.3. The van der Waals surface area contributed by atoms with Gasteiger partial charge >= 0.3 is 6.18 Å². The van der Waals surface area contributed by atoms with E-state index in [0.717, 1.165) is 17.8 Å². The van der Waals surface area contributed by atoms with Crippen molar-refractivity contribution in [2.75, 3.05) is 12.4 Å². The molecule has 0 spiro atoms. The van der Waals surface area contributed by atoms with Gasteiger partial charge in [-0.05, 0) is 31.2 Å². The molecule has 0 aliphatic rings. The van der Waals surface area contributed by atoms with E-state index >= 15 is 0 Å². The first-order valence-corrected chi connectivity index (χ1v) is 10.3. The van der Waals surface area contributed by atoms with Gasteiger partial charge in [-0.2, -0.15) is 13.2 Å². The summed E-state index contributed by atoms with van der Waals surface area (Å²) in [4.78, 5) is 20.4. The van der Waals surface area contributed by atoms with Gasteiger partial charge in [0.05, 0.1) is 23.1 Å². The van der Waals surface area contributed by atoms with Gasteiger partial charge in [-0.3, -0.25) is 4.79 Å². The molecule has 1 N–H and O–H groups in total. The van der Waals surface area contributed by atoms with Crippen LogP contribution in [0.3, 0.4) is 0 Å². The molecular weight excluding hydrogens is 451 g/mol. The number of benzene rings is 2. The molecule has 0 fully saturated rings. The molecule has 0 saturated carbocycles. The highest BCUT2D eigenvalue weighted by Gasteiger charge is 2.34. The van der Waals surface area contributed by atoms with Crippen molar-refractivity contribution in [3.05, 3.63) is 65.3 Å². The van der Waals surface area contributed by atoms with Crippen molar-refractivity contribution in [3.8, 4) is 17.0 Å². The van der Waals surface area contributed by atoms with Crippen LogP contribution in [0.1, 0.15) is 12.6 Å². The molecule has 1 amide bonds. The maximum Gasteiger partial charge on any atom is 0.433 e. The molecule has 0 unspecified atom stereocenters. The van der Waals surface area contributed by atoms with E-state index in [-0.39, 0.29) is 10.9 Å². The van der Waals surface area contributed by atoms with Gasteiger partial charge in [0.2, 0.25) is 5.91 Å².